The smallest absolute Gasteiger partial charge is 0.358 e. The van der Waals surface area contributed by atoms with Crippen molar-refractivity contribution >= 4 is 25.8 Å². The number of hydrogen-bond acceptors (Lipinski definition) is 8. The summed E-state index contributed by atoms with van der Waals surface area (Å²) < 4.78 is 123. The molecule has 22 heavy (non-hydrogen) atoms. The molecule has 8 nitrogen and oxygen atoms in total. The average molecular weight is 377 g/mol. The Hall–Kier alpha value is -1.71. The summed E-state index contributed by atoms with van der Waals surface area (Å²) in [4.78, 5) is 10.3. The quantitative estimate of drug-likeness (QED) is 0.418. The first kappa shape index (κ1) is 16.7. The van der Waals surface area contributed by atoms with Crippen molar-refractivity contribution in [1.29, 1.82) is 0 Å². The number of carbonyl (C=O) groups is 1. The minimum atomic E-state index is -6.94. The van der Waals surface area contributed by atoms with Gasteiger partial charge in [0.05, 0.1) is 0 Å². The van der Waals surface area contributed by atoms with Crippen LogP contribution in [0.4, 0.5) is 31.1 Å². The van der Waals surface area contributed by atoms with E-state index in [1.165, 1.54) is 0 Å². The largest absolute Gasteiger partial charge is 0.524 e. The van der Waals surface area contributed by atoms with Crippen LogP contribution in [-0.4, -0.2) is 38.2 Å². The first-order valence-corrected chi connectivity index (χ1v) is 7.60. The number of alkyl halides is 6. The van der Waals surface area contributed by atoms with E-state index in [4.69, 9.17) is 0 Å². The third-order valence-electron chi connectivity index (χ3n) is 2.48. The lowest BCUT2D eigenvalue weighted by Crippen LogP contribution is -2.49. The molecular formula is C6HF6NO7S2. The van der Waals surface area contributed by atoms with Crippen LogP contribution in [-0.2, 0) is 29.1 Å². The minimum absolute atomic E-state index is 0.960. The fourth-order valence-electron chi connectivity index (χ4n) is 1.45. The third kappa shape index (κ3) is 1.79. The van der Waals surface area contributed by atoms with Crippen molar-refractivity contribution in [2.45, 2.75) is 15.2 Å². The molecule has 0 atom stereocenters. The number of halogens is 6. The van der Waals surface area contributed by atoms with Gasteiger partial charge in [-0.1, -0.05) is 0 Å². The van der Waals surface area contributed by atoms with E-state index in [1.54, 1.807) is 0 Å². The molecule has 2 rings (SSSR count). The summed E-state index contributed by atoms with van der Waals surface area (Å²) in [5.74, 6) is -1.41. The Morgan fingerprint density at radius 3 is 1.50 bits per heavy atom. The molecule has 126 valence electrons. The Bertz CT molecular complexity index is 734. The number of ether oxygens (including phenoxy) is 2. The summed E-state index contributed by atoms with van der Waals surface area (Å²) in [6.07, 6.45) is -1.57. The van der Waals surface area contributed by atoms with Crippen molar-refractivity contribution < 1.29 is 57.4 Å². The summed E-state index contributed by atoms with van der Waals surface area (Å²) in [6.45, 7) is 0. The predicted octanol–water partition coefficient (Wildman–Crippen LogP) is 0.448. The highest BCUT2D eigenvalue weighted by Gasteiger charge is 2.84. The lowest BCUT2D eigenvalue weighted by atomic mass is 10.6. The first-order valence-electron chi connectivity index (χ1n) is 4.64. The van der Waals surface area contributed by atoms with E-state index in [2.05, 4.69) is 9.47 Å². The van der Waals surface area contributed by atoms with Crippen molar-refractivity contribution in [3.8, 4) is 0 Å². The fourth-order valence-corrected chi connectivity index (χ4v) is 5.00. The molecule has 0 aromatic carbocycles. The van der Waals surface area contributed by atoms with Gasteiger partial charge in [-0.2, -0.15) is 26.3 Å². The van der Waals surface area contributed by atoms with Crippen LogP contribution < -0.4 is 5.32 Å². The molecule has 2 heterocycles. The molecule has 2 aliphatic heterocycles. The molecule has 0 aliphatic carbocycles. The Labute approximate surface area is 116 Å². The van der Waals surface area contributed by atoms with Crippen molar-refractivity contribution in [2.75, 3.05) is 0 Å². The van der Waals surface area contributed by atoms with E-state index in [1.807, 2.05) is 0 Å². The topological polar surface area (TPSA) is 126 Å². The third-order valence-corrected chi connectivity index (χ3v) is 7.14. The van der Waals surface area contributed by atoms with E-state index >= 15 is 0 Å². The molecule has 0 saturated carbocycles. The molecule has 2 saturated heterocycles. The predicted molar refractivity (Wildman–Crippen MR) is 50.4 cm³/mol. The van der Waals surface area contributed by atoms with Gasteiger partial charge in [-0.05, 0) is 0 Å². The molecule has 2 aliphatic rings. The van der Waals surface area contributed by atoms with Crippen LogP contribution in [0.1, 0.15) is 0 Å². The van der Waals surface area contributed by atoms with Gasteiger partial charge in [0.1, 0.15) is 0 Å². The molecule has 0 aromatic rings. The van der Waals surface area contributed by atoms with Crippen LogP contribution in [0.3, 0.4) is 0 Å². The Morgan fingerprint density at radius 2 is 1.23 bits per heavy atom. The zero-order valence-corrected chi connectivity index (χ0v) is 11.1. The summed E-state index contributed by atoms with van der Waals surface area (Å²) in [7, 11) is -13.9. The number of nitrogens with one attached hydrogen (secondary N) is 1. The summed E-state index contributed by atoms with van der Waals surface area (Å²) in [5.41, 5.74) is -14.4. The van der Waals surface area contributed by atoms with Crippen LogP contribution in [0, 0.1) is 0 Å². The van der Waals surface area contributed by atoms with Gasteiger partial charge in [-0.3, -0.25) is 0 Å². The zero-order valence-electron chi connectivity index (χ0n) is 9.44. The van der Waals surface area contributed by atoms with E-state index in [9.17, 15) is 48.0 Å². The molecule has 0 radical (unpaired) electrons. The van der Waals surface area contributed by atoms with Crippen LogP contribution in [0.15, 0.2) is 11.6 Å². The molecule has 0 amide bonds. The van der Waals surface area contributed by atoms with Crippen molar-refractivity contribution in [1.82, 2.24) is 5.32 Å². The average Bonchev–Trinajstić information content (AvgIpc) is 2.98. The monoisotopic (exact) mass is 377 g/mol. The maximum absolute atomic E-state index is 12.5. The van der Waals surface area contributed by atoms with Gasteiger partial charge in [0.2, 0.25) is 0 Å². The highest BCUT2D eigenvalue weighted by molar-refractivity contribution is 8.11. The van der Waals surface area contributed by atoms with Gasteiger partial charge in [0, 0.05) is 0 Å². The number of hydrogen-bond donors (Lipinski definition) is 1. The normalized spacial score (nSPS) is 21.5. The maximum atomic E-state index is 12.5. The highest BCUT2D eigenvalue weighted by atomic mass is 32.3. The SMILES string of the molecule is O=C1OC(=C2NC2(S(=O)(=O)C(F)(F)F)S(=O)(=O)C(F)(F)F)O1. The second-order valence-corrected chi connectivity index (χ2v) is 8.18. The van der Waals surface area contributed by atoms with Gasteiger partial charge >= 0.3 is 27.3 Å². The van der Waals surface area contributed by atoms with Gasteiger partial charge < -0.3 is 14.8 Å². The summed E-state index contributed by atoms with van der Waals surface area (Å²) in [5, 5.41) is 0.960. The maximum Gasteiger partial charge on any atom is 0.524 e. The van der Waals surface area contributed by atoms with Crippen LogP contribution >= 0.6 is 0 Å². The molecule has 16 heteroatoms. The van der Waals surface area contributed by atoms with Crippen LogP contribution in [0.5, 0.6) is 0 Å². The lowest BCUT2D eigenvalue weighted by molar-refractivity contribution is -0.0476. The molecule has 0 bridgehead atoms. The van der Waals surface area contributed by atoms with Crippen molar-refractivity contribution in [3.05, 3.63) is 11.6 Å². The second kappa shape index (κ2) is 3.98. The first-order chi connectivity index (χ1) is 9.59. The molecular weight excluding hydrogens is 376 g/mol. The molecule has 1 N–H and O–H groups in total. The minimum Gasteiger partial charge on any atom is -0.358 e. The number of sulfone groups is 2. The van der Waals surface area contributed by atoms with Gasteiger partial charge in [-0.15, -0.1) is 0 Å². The standard InChI is InChI=1S/C6HF6NO7S2/c7-5(8,9)21(15,16)4(22(17,18)6(10,11)12)1(13-4)2-19-3(14)20-2/h13H. The summed E-state index contributed by atoms with van der Waals surface area (Å²) in [6, 6.07) is 0. The lowest BCUT2D eigenvalue weighted by Gasteiger charge is -2.19. The Kier molecular flexibility index (Phi) is 3.01. The molecule has 0 aromatic heterocycles. The molecule has 0 unspecified atom stereocenters. The Morgan fingerprint density at radius 1 is 0.864 bits per heavy atom. The van der Waals surface area contributed by atoms with Crippen LogP contribution in [0.2, 0.25) is 0 Å². The van der Waals surface area contributed by atoms with Gasteiger partial charge in [0.25, 0.3) is 19.7 Å². The van der Waals surface area contributed by atoms with E-state index in [0.717, 1.165) is 5.32 Å². The van der Waals surface area contributed by atoms with E-state index < -0.39 is 52.7 Å². The highest BCUT2D eigenvalue weighted by Crippen LogP contribution is 2.54. The van der Waals surface area contributed by atoms with Gasteiger partial charge in [0.15, 0.2) is 5.70 Å². The molecule has 2 fully saturated rings. The fraction of sp³-hybridized carbons (Fsp3) is 0.500. The second-order valence-electron chi connectivity index (χ2n) is 3.76. The number of rotatable bonds is 2. The van der Waals surface area contributed by atoms with Crippen molar-refractivity contribution in [3.63, 3.8) is 0 Å². The zero-order chi connectivity index (χ0) is 17.4. The molecule has 0 spiro atoms. The van der Waals surface area contributed by atoms with Crippen LogP contribution in [0.25, 0.3) is 0 Å². The summed E-state index contributed by atoms with van der Waals surface area (Å²) >= 11 is 0. The van der Waals surface area contributed by atoms with Crippen molar-refractivity contribution in [2.24, 2.45) is 0 Å². The van der Waals surface area contributed by atoms with Gasteiger partial charge in [-0.25, -0.2) is 21.6 Å². The van der Waals surface area contributed by atoms with E-state index in [0.29, 0.717) is 0 Å². The number of carbonyl (C=O) groups excluding carboxylic acids is 1. The number of cyclic esters (lactones) is 2. The van der Waals surface area contributed by atoms with E-state index in [-0.39, 0.29) is 0 Å². The Balaban J connectivity index is 2.72.